The lowest BCUT2D eigenvalue weighted by molar-refractivity contribution is -0.133. The topological polar surface area (TPSA) is 78.0 Å². The van der Waals surface area contributed by atoms with E-state index in [1.54, 1.807) is 12.1 Å². The summed E-state index contributed by atoms with van der Waals surface area (Å²) >= 11 is 1.36. The minimum atomic E-state index is -0.282. The third kappa shape index (κ3) is 3.75. The van der Waals surface area contributed by atoms with Crippen molar-refractivity contribution in [3.05, 3.63) is 52.4 Å². The van der Waals surface area contributed by atoms with Crippen LogP contribution in [0.2, 0.25) is 0 Å². The van der Waals surface area contributed by atoms with Gasteiger partial charge in [-0.3, -0.25) is 14.8 Å². The zero-order valence-electron chi connectivity index (χ0n) is 16.6. The van der Waals surface area contributed by atoms with Crippen molar-refractivity contribution >= 4 is 17.4 Å². The Morgan fingerprint density at radius 1 is 1.30 bits per heavy atom. The second-order valence-corrected chi connectivity index (χ2v) is 8.59. The maximum absolute atomic E-state index is 14.3. The number of fused-ring (bicyclic) bond motifs is 1. The molecule has 0 unspecified atom stereocenters. The fraction of sp³-hybridized carbons (Fsp3) is 0.429. The smallest absolute Gasteiger partial charge is 0.236 e. The predicted octanol–water partition coefficient (Wildman–Crippen LogP) is 2.83. The van der Waals surface area contributed by atoms with Gasteiger partial charge >= 0.3 is 0 Å². The van der Waals surface area contributed by atoms with E-state index in [4.69, 9.17) is 0 Å². The molecule has 2 aromatic heterocycles. The molecule has 0 bridgehead atoms. The minimum absolute atomic E-state index is 0.141. The van der Waals surface area contributed by atoms with Crippen LogP contribution in [0.15, 0.2) is 29.6 Å². The van der Waals surface area contributed by atoms with E-state index in [1.807, 2.05) is 16.3 Å². The highest BCUT2D eigenvalue weighted by atomic mass is 32.1. The first-order chi connectivity index (χ1) is 14.7. The number of aromatic amines is 1. The molecule has 3 aromatic rings. The third-order valence-electron chi connectivity index (χ3n) is 6.07. The first kappa shape index (κ1) is 19.3. The third-order valence-corrected chi connectivity index (χ3v) is 6.59. The molecule has 1 aromatic carbocycles. The molecule has 4 heterocycles. The Morgan fingerprint density at radius 3 is 3.03 bits per heavy atom. The van der Waals surface area contributed by atoms with Gasteiger partial charge in [-0.25, -0.2) is 4.39 Å². The van der Waals surface area contributed by atoms with E-state index in [0.29, 0.717) is 30.9 Å². The number of carbonyl (C=O) groups is 1. The molecule has 0 saturated carbocycles. The molecule has 156 valence electrons. The molecular formula is C21H23FN6OS. The van der Waals surface area contributed by atoms with Crippen molar-refractivity contribution in [2.75, 3.05) is 26.2 Å². The van der Waals surface area contributed by atoms with Crippen LogP contribution in [0.3, 0.4) is 0 Å². The first-order valence-electron chi connectivity index (χ1n) is 10.3. The molecule has 30 heavy (non-hydrogen) atoms. The quantitative estimate of drug-likeness (QED) is 0.694. The van der Waals surface area contributed by atoms with Gasteiger partial charge in [-0.05, 0) is 36.5 Å². The number of H-pyrrole nitrogens is 1. The molecule has 0 radical (unpaired) electrons. The Labute approximate surface area is 178 Å². The number of amides is 1. The van der Waals surface area contributed by atoms with Gasteiger partial charge in [-0.1, -0.05) is 16.6 Å². The lowest BCUT2D eigenvalue weighted by Gasteiger charge is -2.34. The van der Waals surface area contributed by atoms with Crippen molar-refractivity contribution in [1.29, 1.82) is 0 Å². The first-order valence-corrected chi connectivity index (χ1v) is 11.1. The summed E-state index contributed by atoms with van der Waals surface area (Å²) in [4.78, 5) is 17.1. The average Bonchev–Trinajstić information content (AvgIpc) is 3.44. The van der Waals surface area contributed by atoms with Crippen LogP contribution in [0.25, 0.3) is 11.3 Å². The Hall–Kier alpha value is -2.65. The van der Waals surface area contributed by atoms with Crippen LogP contribution in [0.1, 0.15) is 35.7 Å². The Kier molecular flexibility index (Phi) is 5.30. The fourth-order valence-corrected chi connectivity index (χ4v) is 4.98. The molecule has 1 atom stereocenters. The SMILES string of the molecule is O=C(CN1CCc2[nH]nc(-c3ccccc3F)c2C1)N1CCC[C@@H](c2csnn2)C1. The number of hydrogen-bond donors (Lipinski definition) is 1. The van der Waals surface area contributed by atoms with Crippen LogP contribution >= 0.6 is 11.5 Å². The van der Waals surface area contributed by atoms with Crippen LogP contribution in [-0.4, -0.2) is 61.7 Å². The summed E-state index contributed by atoms with van der Waals surface area (Å²) < 4.78 is 18.3. The standard InChI is InChI=1S/C21H23FN6OS/c22-17-6-2-1-5-15(17)21-16-11-27(9-7-18(16)23-25-21)12-20(29)28-8-3-4-14(10-28)19-13-30-26-24-19/h1-2,5-6,13-14H,3-4,7-12H2,(H,23,25)/t14-/m1/s1. The number of nitrogens with one attached hydrogen (secondary N) is 1. The van der Waals surface area contributed by atoms with E-state index >= 15 is 0 Å². The molecule has 2 aliphatic rings. The van der Waals surface area contributed by atoms with E-state index in [9.17, 15) is 9.18 Å². The van der Waals surface area contributed by atoms with Gasteiger partial charge in [0.2, 0.25) is 5.91 Å². The molecule has 0 spiro atoms. The molecular weight excluding hydrogens is 403 g/mol. The maximum atomic E-state index is 14.3. The highest BCUT2D eigenvalue weighted by Crippen LogP contribution is 2.30. The van der Waals surface area contributed by atoms with E-state index in [2.05, 4.69) is 24.7 Å². The van der Waals surface area contributed by atoms with Gasteiger partial charge in [0.1, 0.15) is 5.82 Å². The molecule has 5 rings (SSSR count). The number of piperidine rings is 1. The van der Waals surface area contributed by atoms with Gasteiger partial charge in [-0.2, -0.15) is 5.10 Å². The highest BCUT2D eigenvalue weighted by molar-refractivity contribution is 7.03. The second-order valence-electron chi connectivity index (χ2n) is 7.98. The summed E-state index contributed by atoms with van der Waals surface area (Å²) in [5.41, 5.74) is 4.16. The van der Waals surface area contributed by atoms with Gasteiger partial charge < -0.3 is 4.90 Å². The zero-order valence-corrected chi connectivity index (χ0v) is 17.4. The van der Waals surface area contributed by atoms with Crippen molar-refractivity contribution < 1.29 is 9.18 Å². The summed E-state index contributed by atoms with van der Waals surface area (Å²) in [7, 11) is 0. The number of aromatic nitrogens is 4. The maximum Gasteiger partial charge on any atom is 0.236 e. The van der Waals surface area contributed by atoms with Crippen molar-refractivity contribution in [3.8, 4) is 11.3 Å². The lowest BCUT2D eigenvalue weighted by Crippen LogP contribution is -2.45. The number of halogens is 1. The van der Waals surface area contributed by atoms with Crippen LogP contribution in [0.4, 0.5) is 4.39 Å². The number of nitrogens with zero attached hydrogens (tertiary/aromatic N) is 5. The van der Waals surface area contributed by atoms with Gasteiger partial charge in [-0.15, -0.1) is 5.10 Å². The van der Waals surface area contributed by atoms with Crippen molar-refractivity contribution in [2.45, 2.75) is 31.7 Å². The Morgan fingerprint density at radius 2 is 2.20 bits per heavy atom. The number of hydrogen-bond acceptors (Lipinski definition) is 6. The molecule has 2 aliphatic heterocycles. The van der Waals surface area contributed by atoms with Crippen LogP contribution in [0, 0.1) is 5.82 Å². The largest absolute Gasteiger partial charge is 0.341 e. The predicted molar refractivity (Wildman–Crippen MR) is 111 cm³/mol. The number of rotatable bonds is 4. The molecule has 0 aliphatic carbocycles. The summed E-state index contributed by atoms with van der Waals surface area (Å²) in [5.74, 6) is 0.133. The average molecular weight is 427 g/mol. The molecule has 1 N–H and O–H groups in total. The molecule has 9 heteroatoms. The van der Waals surface area contributed by atoms with E-state index in [-0.39, 0.29) is 17.6 Å². The Bertz CT molecular complexity index is 1040. The van der Waals surface area contributed by atoms with Crippen molar-refractivity contribution in [3.63, 3.8) is 0 Å². The van der Waals surface area contributed by atoms with E-state index in [0.717, 1.165) is 49.3 Å². The summed E-state index contributed by atoms with van der Waals surface area (Å²) in [5, 5.41) is 13.6. The van der Waals surface area contributed by atoms with Crippen molar-refractivity contribution in [1.82, 2.24) is 29.6 Å². The number of likely N-dealkylation sites (tertiary alicyclic amines) is 1. The summed E-state index contributed by atoms with van der Waals surface area (Å²) in [6, 6.07) is 6.69. The Balaban J connectivity index is 1.27. The van der Waals surface area contributed by atoms with Crippen molar-refractivity contribution in [2.24, 2.45) is 0 Å². The normalized spacial score (nSPS) is 19.6. The van der Waals surface area contributed by atoms with Gasteiger partial charge in [0.25, 0.3) is 0 Å². The van der Waals surface area contributed by atoms with Crippen LogP contribution in [-0.2, 0) is 17.8 Å². The van der Waals surface area contributed by atoms with Crippen LogP contribution < -0.4 is 0 Å². The molecule has 1 saturated heterocycles. The summed E-state index contributed by atoms with van der Waals surface area (Å²) in [6.07, 6.45) is 2.80. The molecule has 1 fully saturated rings. The summed E-state index contributed by atoms with van der Waals surface area (Å²) in [6.45, 7) is 3.23. The fourth-order valence-electron chi connectivity index (χ4n) is 4.45. The van der Waals surface area contributed by atoms with Gasteiger partial charge in [0.15, 0.2) is 0 Å². The number of carbonyl (C=O) groups excluding carboxylic acids is 1. The highest BCUT2D eigenvalue weighted by Gasteiger charge is 2.29. The van der Waals surface area contributed by atoms with Crippen LogP contribution in [0.5, 0.6) is 0 Å². The monoisotopic (exact) mass is 426 g/mol. The lowest BCUT2D eigenvalue weighted by atomic mass is 9.95. The van der Waals surface area contributed by atoms with Gasteiger partial charge in [0.05, 0.1) is 17.9 Å². The van der Waals surface area contributed by atoms with Gasteiger partial charge in [0, 0.05) is 60.7 Å². The molecule has 1 amide bonds. The zero-order chi connectivity index (χ0) is 20.5. The van der Waals surface area contributed by atoms with E-state index < -0.39 is 0 Å². The number of benzene rings is 1. The molecule has 7 nitrogen and oxygen atoms in total. The second kappa shape index (κ2) is 8.23. The minimum Gasteiger partial charge on any atom is -0.341 e. The van der Waals surface area contributed by atoms with E-state index in [1.165, 1.54) is 17.6 Å².